The quantitative estimate of drug-likeness (QED) is 0.0272. The van der Waals surface area contributed by atoms with E-state index < -0.39 is 20.0 Å². The zero-order valence-corrected chi connectivity index (χ0v) is 56.9. The van der Waals surface area contributed by atoms with E-state index in [-0.39, 0.29) is 19.1 Å². The first-order valence-electron chi connectivity index (χ1n) is 36.7. The van der Waals surface area contributed by atoms with Gasteiger partial charge in [0.25, 0.3) is 7.82 Å². The number of allylic oxidation sites excluding steroid dienone is 3. The zero-order valence-electron chi connectivity index (χ0n) is 56.0. The molecule has 0 aliphatic rings. The number of carbonyl (C=O) groups excluding carboxylic acids is 1. The Bertz CT molecular complexity index is 1390. The number of rotatable bonds is 69. The minimum absolute atomic E-state index is 0.00342. The number of likely N-dealkylation sites (N-methyl/N-ethyl adjacent to an activating group) is 1. The highest BCUT2D eigenvalue weighted by Gasteiger charge is 2.23. The number of nitrogens with zero attached hydrogens (tertiary/aromatic N) is 1. The maximum atomic E-state index is 13.0. The van der Waals surface area contributed by atoms with E-state index in [2.05, 4.69) is 31.3 Å². The lowest BCUT2D eigenvalue weighted by Crippen LogP contribution is -2.45. The Kier molecular flexibility index (Phi) is 63.7. The average molecular weight is 1180 g/mol. The Labute approximate surface area is 513 Å². The minimum Gasteiger partial charge on any atom is -0.756 e. The Morgan fingerprint density at radius 3 is 0.988 bits per heavy atom. The normalized spacial score (nSPS) is 13.7. The molecule has 82 heavy (non-hydrogen) atoms. The van der Waals surface area contributed by atoms with Crippen molar-refractivity contribution in [3.05, 3.63) is 24.3 Å². The Balaban J connectivity index is 3.96. The van der Waals surface area contributed by atoms with Gasteiger partial charge in [-0.1, -0.05) is 372 Å². The third-order valence-electron chi connectivity index (χ3n) is 17.2. The zero-order chi connectivity index (χ0) is 59.8. The molecule has 0 aliphatic heterocycles. The number of phosphoric ester groups is 1. The van der Waals surface area contributed by atoms with Crippen molar-refractivity contribution in [1.29, 1.82) is 0 Å². The summed E-state index contributed by atoms with van der Waals surface area (Å²) < 4.78 is 23.4. The van der Waals surface area contributed by atoms with Crippen LogP contribution in [0.15, 0.2) is 24.3 Å². The lowest BCUT2D eigenvalue weighted by molar-refractivity contribution is -0.870. The van der Waals surface area contributed by atoms with Crippen LogP contribution < -0.4 is 10.2 Å². The van der Waals surface area contributed by atoms with Crippen molar-refractivity contribution in [3.8, 4) is 0 Å². The summed E-state index contributed by atoms with van der Waals surface area (Å²) in [6.07, 6.45) is 84.8. The van der Waals surface area contributed by atoms with E-state index in [4.69, 9.17) is 9.05 Å². The SMILES string of the molecule is CCCCCCCCCCCCCCCCCCC/C=C/CC/C=C/C(O)C(COP(=O)([O-])OCC[N+](C)(C)C)NC(=O)CCCCCCCCCCCCCCCCCCCCCCCCCCCCCCCCCCCCCCC. The molecule has 2 N–H and O–H groups in total. The number of aliphatic hydroxyl groups is 1. The maximum absolute atomic E-state index is 13.0. The summed E-state index contributed by atoms with van der Waals surface area (Å²) in [4.78, 5) is 25.6. The smallest absolute Gasteiger partial charge is 0.268 e. The molecule has 0 heterocycles. The van der Waals surface area contributed by atoms with Crippen LogP contribution in [0.3, 0.4) is 0 Å². The third-order valence-corrected chi connectivity index (χ3v) is 18.1. The van der Waals surface area contributed by atoms with Gasteiger partial charge in [0.05, 0.1) is 39.9 Å². The summed E-state index contributed by atoms with van der Waals surface area (Å²) in [6, 6.07) is -0.902. The van der Waals surface area contributed by atoms with Crippen molar-refractivity contribution >= 4 is 13.7 Å². The fourth-order valence-corrected chi connectivity index (χ4v) is 12.2. The Morgan fingerprint density at radius 1 is 0.415 bits per heavy atom. The molecule has 0 aromatic heterocycles. The first-order valence-corrected chi connectivity index (χ1v) is 38.2. The van der Waals surface area contributed by atoms with Gasteiger partial charge in [-0.25, -0.2) is 0 Å². The maximum Gasteiger partial charge on any atom is 0.268 e. The molecule has 3 atom stereocenters. The molecule has 0 bridgehead atoms. The number of carbonyl (C=O) groups is 1. The highest BCUT2D eigenvalue weighted by Crippen LogP contribution is 2.38. The van der Waals surface area contributed by atoms with Gasteiger partial charge in [0.2, 0.25) is 5.91 Å². The second-order valence-corrected chi connectivity index (χ2v) is 28.1. The summed E-state index contributed by atoms with van der Waals surface area (Å²) >= 11 is 0. The molecule has 0 spiro atoms. The van der Waals surface area contributed by atoms with Crippen LogP contribution >= 0.6 is 7.82 Å². The van der Waals surface area contributed by atoms with Crippen molar-refractivity contribution in [2.75, 3.05) is 40.9 Å². The van der Waals surface area contributed by atoms with E-state index in [1.807, 2.05) is 27.2 Å². The number of nitrogens with one attached hydrogen (secondary N) is 1. The number of unbranched alkanes of at least 4 members (excludes halogenated alkanes) is 54. The standard InChI is InChI=1S/C73H145N2O6P/c1-6-8-10-12-14-16-18-20-22-24-26-28-30-31-32-33-34-35-36-37-38-39-40-41-42-43-45-47-49-51-53-55-57-59-61-63-65-67-73(77)74-71(70-81-82(78,79)80-69-68-75(3,4)5)72(76)66-64-62-60-58-56-54-52-50-48-46-44-29-27-25-23-21-19-17-15-13-11-9-7-2/h56,58,64,66,71-72,76H,6-55,57,59-63,65,67-70H2,1-5H3,(H-,74,77,78,79)/b58-56+,66-64+. The fourth-order valence-electron chi connectivity index (χ4n) is 11.5. The summed E-state index contributed by atoms with van der Waals surface area (Å²) in [7, 11) is 1.26. The molecule has 0 radical (unpaired) electrons. The Hall–Kier alpha value is -1.02. The molecule has 0 aliphatic carbocycles. The van der Waals surface area contributed by atoms with Gasteiger partial charge in [-0.15, -0.1) is 0 Å². The minimum atomic E-state index is -4.61. The van der Waals surface area contributed by atoms with Crippen LogP contribution in [-0.2, 0) is 18.4 Å². The van der Waals surface area contributed by atoms with Gasteiger partial charge in [-0.3, -0.25) is 9.36 Å². The second-order valence-electron chi connectivity index (χ2n) is 26.7. The van der Waals surface area contributed by atoms with Gasteiger partial charge in [-0.05, 0) is 32.1 Å². The highest BCUT2D eigenvalue weighted by atomic mass is 31.2. The van der Waals surface area contributed by atoms with Crippen molar-refractivity contribution < 1.29 is 32.9 Å². The summed E-state index contributed by atoms with van der Waals surface area (Å²) in [5.74, 6) is -0.198. The van der Waals surface area contributed by atoms with E-state index in [1.165, 1.54) is 327 Å². The van der Waals surface area contributed by atoms with Crippen LogP contribution in [0.2, 0.25) is 0 Å². The fraction of sp³-hybridized carbons (Fsp3) is 0.932. The molecule has 9 heteroatoms. The monoisotopic (exact) mass is 1180 g/mol. The molecule has 3 unspecified atom stereocenters. The number of quaternary nitrogens is 1. The van der Waals surface area contributed by atoms with E-state index in [9.17, 15) is 19.4 Å². The summed E-state index contributed by atoms with van der Waals surface area (Å²) in [5.41, 5.74) is 0. The van der Waals surface area contributed by atoms with Gasteiger partial charge in [0.15, 0.2) is 0 Å². The lowest BCUT2D eigenvalue weighted by Gasteiger charge is -2.29. The summed E-state index contributed by atoms with van der Waals surface area (Å²) in [6.45, 7) is 4.70. The molecule has 0 rings (SSSR count). The molecular formula is C73H145N2O6P. The number of hydrogen-bond acceptors (Lipinski definition) is 6. The van der Waals surface area contributed by atoms with Crippen LogP contribution in [0.1, 0.15) is 386 Å². The van der Waals surface area contributed by atoms with E-state index in [0.29, 0.717) is 17.4 Å². The van der Waals surface area contributed by atoms with Crippen LogP contribution in [-0.4, -0.2) is 68.5 Å². The predicted octanol–water partition coefficient (Wildman–Crippen LogP) is 22.8. The molecule has 0 saturated heterocycles. The predicted molar refractivity (Wildman–Crippen MR) is 358 cm³/mol. The van der Waals surface area contributed by atoms with Gasteiger partial charge < -0.3 is 28.8 Å². The summed E-state index contributed by atoms with van der Waals surface area (Å²) in [5, 5.41) is 13.9. The molecule has 1 amide bonds. The van der Waals surface area contributed by atoms with Crippen LogP contribution in [0.4, 0.5) is 0 Å². The first kappa shape index (κ1) is 81.0. The molecule has 488 valence electrons. The van der Waals surface area contributed by atoms with Crippen LogP contribution in [0.25, 0.3) is 0 Å². The molecule has 0 fully saturated rings. The van der Waals surface area contributed by atoms with Crippen LogP contribution in [0.5, 0.6) is 0 Å². The number of hydrogen-bond donors (Lipinski definition) is 2. The van der Waals surface area contributed by atoms with Crippen molar-refractivity contribution in [2.24, 2.45) is 0 Å². The van der Waals surface area contributed by atoms with Gasteiger partial charge >= 0.3 is 0 Å². The molecule has 0 aromatic rings. The van der Waals surface area contributed by atoms with Gasteiger partial charge in [0, 0.05) is 6.42 Å². The highest BCUT2D eigenvalue weighted by molar-refractivity contribution is 7.45. The average Bonchev–Trinajstić information content (AvgIpc) is 3.47. The second kappa shape index (κ2) is 64.5. The number of amides is 1. The topological polar surface area (TPSA) is 108 Å². The first-order chi connectivity index (χ1) is 40.0. The van der Waals surface area contributed by atoms with E-state index in [1.54, 1.807) is 6.08 Å². The van der Waals surface area contributed by atoms with Crippen molar-refractivity contribution in [2.45, 2.75) is 398 Å². The number of aliphatic hydroxyl groups excluding tert-OH is 1. The number of phosphoric acid groups is 1. The largest absolute Gasteiger partial charge is 0.756 e. The Morgan fingerprint density at radius 2 is 0.683 bits per heavy atom. The molecule has 0 aromatic carbocycles. The van der Waals surface area contributed by atoms with Crippen molar-refractivity contribution in [1.82, 2.24) is 5.32 Å². The molecule has 0 saturated carbocycles. The van der Waals surface area contributed by atoms with E-state index >= 15 is 0 Å². The van der Waals surface area contributed by atoms with Crippen LogP contribution in [0, 0.1) is 0 Å². The van der Waals surface area contributed by atoms with Crippen molar-refractivity contribution in [3.63, 3.8) is 0 Å². The molecule has 8 nitrogen and oxygen atoms in total. The van der Waals surface area contributed by atoms with Gasteiger partial charge in [-0.2, -0.15) is 0 Å². The molecular weight excluding hydrogens is 1030 g/mol. The van der Waals surface area contributed by atoms with E-state index in [0.717, 1.165) is 38.5 Å². The third kappa shape index (κ3) is 66.5. The lowest BCUT2D eigenvalue weighted by atomic mass is 10.0. The van der Waals surface area contributed by atoms with Gasteiger partial charge in [0.1, 0.15) is 13.2 Å².